The minimum absolute atomic E-state index is 0. The molecule has 0 amide bonds. The van der Waals surface area contributed by atoms with Gasteiger partial charge in [0.1, 0.15) is 0 Å². The van der Waals surface area contributed by atoms with E-state index < -0.39 is 0 Å². The van der Waals surface area contributed by atoms with E-state index in [1.54, 1.807) is 0 Å². The molecular formula is C2H16K6N2. The molecule has 0 aromatic carbocycles. The van der Waals surface area contributed by atoms with Gasteiger partial charge in [-0.15, -0.1) is 13.2 Å². The summed E-state index contributed by atoms with van der Waals surface area (Å²) >= 11 is 0. The van der Waals surface area contributed by atoms with Gasteiger partial charge in [0.05, 0.1) is 0 Å². The average Bonchev–Trinajstić information content (AvgIpc) is 1.00. The third kappa shape index (κ3) is 52.8. The first-order chi connectivity index (χ1) is 1.00. The van der Waals surface area contributed by atoms with Gasteiger partial charge in [0, 0.05) is 0 Å². The minimum atomic E-state index is 0. The SMILES string of the molecule is C=C.N.N.[KH].[KH].[KH].[KH].[KH].[KH]. The second-order valence-corrected chi connectivity index (χ2v) is 0. The molecule has 0 aliphatic heterocycles. The monoisotopic (exact) mass is 302 g/mol. The third-order valence-electron chi connectivity index (χ3n) is 0. The summed E-state index contributed by atoms with van der Waals surface area (Å²) in [6, 6.07) is 0. The first-order valence-electron chi connectivity index (χ1n) is 0.500. The van der Waals surface area contributed by atoms with Crippen LogP contribution < -0.4 is 12.3 Å². The zero-order valence-electron chi connectivity index (χ0n) is 2.83. The van der Waals surface area contributed by atoms with Crippen LogP contribution in [0.2, 0.25) is 0 Å². The van der Waals surface area contributed by atoms with E-state index in [1.807, 2.05) is 0 Å². The van der Waals surface area contributed by atoms with E-state index in [9.17, 15) is 0 Å². The molecule has 0 bridgehead atoms. The van der Waals surface area contributed by atoms with Crippen molar-refractivity contribution in [3.8, 4) is 0 Å². The number of rotatable bonds is 0. The van der Waals surface area contributed by atoms with E-state index >= 15 is 0 Å². The summed E-state index contributed by atoms with van der Waals surface area (Å²) in [6.07, 6.45) is 0. The summed E-state index contributed by atoms with van der Waals surface area (Å²) < 4.78 is 0. The Balaban J connectivity index is -0.000000000179. The molecule has 0 radical (unpaired) electrons. The van der Waals surface area contributed by atoms with Crippen molar-refractivity contribution < 1.29 is 0 Å². The van der Waals surface area contributed by atoms with Crippen LogP contribution >= 0.6 is 0 Å². The van der Waals surface area contributed by atoms with E-state index in [0.717, 1.165) is 0 Å². The van der Waals surface area contributed by atoms with E-state index in [1.165, 1.54) is 0 Å². The molecular weight excluding hydrogens is 287 g/mol. The molecule has 0 aliphatic carbocycles. The van der Waals surface area contributed by atoms with Crippen LogP contribution in [-0.2, 0) is 0 Å². The van der Waals surface area contributed by atoms with Crippen molar-refractivity contribution in [1.82, 2.24) is 12.3 Å². The van der Waals surface area contributed by atoms with Crippen molar-refractivity contribution in [1.29, 1.82) is 0 Å². The van der Waals surface area contributed by atoms with Crippen molar-refractivity contribution in [3.63, 3.8) is 0 Å². The Morgan fingerprint density at radius 2 is 0.400 bits per heavy atom. The fourth-order valence-electron chi connectivity index (χ4n) is 0. The van der Waals surface area contributed by atoms with Gasteiger partial charge in [-0.05, 0) is 0 Å². The van der Waals surface area contributed by atoms with E-state index in [2.05, 4.69) is 13.2 Å². The zero-order chi connectivity index (χ0) is 2.00. The molecule has 0 saturated heterocycles. The quantitative estimate of drug-likeness (QED) is 0.376. The summed E-state index contributed by atoms with van der Waals surface area (Å²) in [5.74, 6) is 0. The Labute approximate surface area is 320 Å². The van der Waals surface area contributed by atoms with Gasteiger partial charge in [-0.2, -0.15) is 0 Å². The fraction of sp³-hybridized carbons (Fsp3) is 0. The predicted molar refractivity (Wildman–Crippen MR) is 64.2 cm³/mol. The van der Waals surface area contributed by atoms with Crippen LogP contribution in [0.3, 0.4) is 0 Å². The molecule has 0 atom stereocenters. The summed E-state index contributed by atoms with van der Waals surface area (Å²) in [6.45, 7) is 6.00. The van der Waals surface area contributed by atoms with Crippen LogP contribution in [0.15, 0.2) is 13.2 Å². The van der Waals surface area contributed by atoms with Gasteiger partial charge in [0.2, 0.25) is 0 Å². The normalized spacial score (nSPS) is 0.400. The topological polar surface area (TPSA) is 70.0 Å². The number of hydrogen-bond donors (Lipinski definition) is 2. The first kappa shape index (κ1) is 60.6. The van der Waals surface area contributed by atoms with E-state index in [4.69, 9.17) is 0 Å². The van der Waals surface area contributed by atoms with Crippen LogP contribution in [0.5, 0.6) is 0 Å². The van der Waals surface area contributed by atoms with Gasteiger partial charge in [-0.1, -0.05) is 0 Å². The molecule has 0 aliphatic rings. The van der Waals surface area contributed by atoms with Crippen molar-refractivity contribution in [2.45, 2.75) is 0 Å². The molecule has 0 heterocycles. The second-order valence-electron chi connectivity index (χ2n) is 0. The molecule has 40 valence electrons. The Morgan fingerprint density at radius 1 is 0.400 bits per heavy atom. The maximum absolute atomic E-state index is 3.00. The van der Waals surface area contributed by atoms with Gasteiger partial charge >= 0.3 is 308 Å². The Kier molecular flexibility index (Phi) is 381. The molecule has 6 N–H and O–H groups in total. The molecule has 10 heavy (non-hydrogen) atoms. The fourth-order valence-corrected chi connectivity index (χ4v) is 0. The second kappa shape index (κ2) is 62.8. The molecule has 0 rings (SSSR count). The van der Waals surface area contributed by atoms with Gasteiger partial charge in [-0.25, -0.2) is 0 Å². The summed E-state index contributed by atoms with van der Waals surface area (Å²) in [4.78, 5) is 0. The van der Waals surface area contributed by atoms with Gasteiger partial charge < -0.3 is 12.3 Å². The summed E-state index contributed by atoms with van der Waals surface area (Å²) in [5.41, 5.74) is 0. The molecule has 0 aromatic rings. The maximum atomic E-state index is 3.00. The van der Waals surface area contributed by atoms with Gasteiger partial charge in [-0.3, -0.25) is 0 Å². The van der Waals surface area contributed by atoms with Crippen molar-refractivity contribution in [2.75, 3.05) is 0 Å². The molecule has 0 fully saturated rings. The van der Waals surface area contributed by atoms with Crippen molar-refractivity contribution in [2.24, 2.45) is 0 Å². The first-order valence-corrected chi connectivity index (χ1v) is 0.500. The van der Waals surface area contributed by atoms with Crippen LogP contribution in [-0.4, -0.2) is 308 Å². The van der Waals surface area contributed by atoms with E-state index in [0.29, 0.717) is 0 Å². The van der Waals surface area contributed by atoms with Crippen LogP contribution in [0.1, 0.15) is 0 Å². The standard InChI is InChI=1S/C2H4.6K.2H3N.6H/c1-2;;;;;;;;;;;;;;/h1-2H2;;;;;;;2*1H3;;;;;;. The summed E-state index contributed by atoms with van der Waals surface area (Å²) in [7, 11) is 0. The van der Waals surface area contributed by atoms with Crippen LogP contribution in [0.4, 0.5) is 0 Å². The molecule has 0 spiro atoms. The molecule has 2 nitrogen and oxygen atoms in total. The Morgan fingerprint density at radius 3 is 0.400 bits per heavy atom. The van der Waals surface area contributed by atoms with Gasteiger partial charge in [0.25, 0.3) is 0 Å². The Hall–Kier alpha value is 9.48. The zero-order valence-corrected chi connectivity index (χ0v) is 2.83. The number of hydrogen-bond acceptors (Lipinski definition) is 2. The average molecular weight is 303 g/mol. The molecule has 0 unspecified atom stereocenters. The molecule has 0 aromatic heterocycles. The van der Waals surface area contributed by atoms with E-state index in [-0.39, 0.29) is 321 Å². The third-order valence-corrected chi connectivity index (χ3v) is 0. The van der Waals surface area contributed by atoms with Crippen molar-refractivity contribution >= 4 is 308 Å². The Bertz CT molecular complexity index is 13.7. The van der Waals surface area contributed by atoms with Crippen LogP contribution in [0.25, 0.3) is 0 Å². The summed E-state index contributed by atoms with van der Waals surface area (Å²) in [5, 5.41) is 0. The van der Waals surface area contributed by atoms with Crippen molar-refractivity contribution in [3.05, 3.63) is 13.2 Å². The molecule has 0 saturated carbocycles. The van der Waals surface area contributed by atoms with Gasteiger partial charge in [0.15, 0.2) is 0 Å². The van der Waals surface area contributed by atoms with Crippen LogP contribution in [0, 0.1) is 0 Å². The molecule has 8 heteroatoms. The predicted octanol–water partition coefficient (Wildman–Crippen LogP) is -2.76.